The van der Waals surface area contributed by atoms with Gasteiger partial charge < -0.3 is 26.6 Å². The quantitative estimate of drug-likeness (QED) is 0.235. The van der Waals surface area contributed by atoms with Crippen LogP contribution in [0.25, 0.3) is 0 Å². The lowest BCUT2D eigenvalue weighted by Crippen LogP contribution is -2.45. The van der Waals surface area contributed by atoms with Crippen LogP contribution >= 0.6 is 0 Å². The summed E-state index contributed by atoms with van der Waals surface area (Å²) in [4.78, 5) is 13.8. The predicted molar refractivity (Wildman–Crippen MR) is 92.3 cm³/mol. The van der Waals surface area contributed by atoms with Gasteiger partial charge in [-0.25, -0.2) is 0 Å². The molecule has 0 aromatic rings. The van der Waals surface area contributed by atoms with Gasteiger partial charge in [-0.3, -0.25) is 15.6 Å². The molecule has 0 radical (unpaired) electrons. The molecule has 1 rings (SSSR count). The second-order valence-corrected chi connectivity index (χ2v) is 5.49. The molecule has 1 heterocycles. The normalized spacial score (nSPS) is 19.1. The number of hydrogen-bond donors (Lipinski definition) is 6. The summed E-state index contributed by atoms with van der Waals surface area (Å²) < 4.78 is 0. The molecule has 8 nitrogen and oxygen atoms in total. The summed E-state index contributed by atoms with van der Waals surface area (Å²) in [7, 11) is 3.26. The second-order valence-electron chi connectivity index (χ2n) is 5.49. The summed E-state index contributed by atoms with van der Waals surface area (Å²) in [5.74, 6) is -0.0977. The van der Waals surface area contributed by atoms with E-state index < -0.39 is 0 Å². The molecule has 1 saturated heterocycles. The zero-order valence-electron chi connectivity index (χ0n) is 14.0. The third-order valence-electron chi connectivity index (χ3n) is 3.58. The van der Waals surface area contributed by atoms with Gasteiger partial charge in [-0.2, -0.15) is 0 Å². The highest BCUT2D eigenvalue weighted by molar-refractivity contribution is 6.06. The van der Waals surface area contributed by atoms with Crippen LogP contribution < -0.4 is 21.7 Å². The highest BCUT2D eigenvalue weighted by Crippen LogP contribution is 2.09. The third kappa shape index (κ3) is 6.11. The minimum Gasteiger partial charge on any atom is -0.392 e. The second kappa shape index (κ2) is 8.94. The first-order chi connectivity index (χ1) is 10.9. The monoisotopic (exact) mass is 321 g/mol. The summed E-state index contributed by atoms with van der Waals surface area (Å²) in [6, 6.07) is 0.0495. The Morgan fingerprint density at radius 1 is 1.26 bits per heavy atom. The van der Waals surface area contributed by atoms with E-state index in [0.29, 0.717) is 6.54 Å². The minimum absolute atomic E-state index is 0.0495. The number of amidine groups is 2. The number of amides is 1. The van der Waals surface area contributed by atoms with Crippen molar-refractivity contribution in [1.29, 1.82) is 10.8 Å². The van der Waals surface area contributed by atoms with Crippen molar-refractivity contribution in [3.63, 3.8) is 0 Å². The molecule has 0 aromatic heterocycles. The predicted octanol–water partition coefficient (Wildman–Crippen LogP) is -0.293. The molecule has 1 atom stereocenters. The Balaban J connectivity index is 2.86. The maximum absolute atomic E-state index is 12.0. The lowest BCUT2D eigenvalue weighted by molar-refractivity contribution is -0.117. The molecular weight excluding hydrogens is 294 g/mol. The standard InChI is InChI=1S/C15H27N7O/c1-10(19-2)7-13(17)21-12(15(23)20-3)8-14(18)22-6-4-5-11(16)9-22/h7-8,11,18-19H,4-6,9,16H2,1-3H3,(H2,17,21)(H,20,23)/b10-7-,12-8+,18-14?/t11-/m1/s1. The molecule has 1 fully saturated rings. The van der Waals surface area contributed by atoms with Crippen LogP contribution in [0.2, 0.25) is 0 Å². The van der Waals surface area contributed by atoms with E-state index in [1.165, 1.54) is 13.1 Å². The molecule has 0 unspecified atom stereocenters. The highest BCUT2D eigenvalue weighted by Gasteiger charge is 2.19. The van der Waals surface area contributed by atoms with Crippen molar-refractivity contribution in [2.24, 2.45) is 5.73 Å². The van der Waals surface area contributed by atoms with E-state index in [1.54, 1.807) is 13.1 Å². The zero-order valence-corrected chi connectivity index (χ0v) is 14.0. The smallest absolute Gasteiger partial charge is 0.267 e. The van der Waals surface area contributed by atoms with Gasteiger partial charge in [0.1, 0.15) is 17.4 Å². The van der Waals surface area contributed by atoms with Crippen molar-refractivity contribution in [2.75, 3.05) is 27.2 Å². The fourth-order valence-corrected chi connectivity index (χ4v) is 2.22. The van der Waals surface area contributed by atoms with Crippen molar-refractivity contribution >= 4 is 17.6 Å². The van der Waals surface area contributed by atoms with E-state index in [2.05, 4.69) is 16.0 Å². The number of nitrogens with two attached hydrogens (primary N) is 1. The molecule has 0 spiro atoms. The molecule has 0 bridgehead atoms. The number of nitrogens with zero attached hydrogens (tertiary/aromatic N) is 1. The SMILES string of the molecule is CNC(=O)/C(=C\C(=N)N1CCC[C@@H](N)C1)NC(=N)/C=C(/C)NC. The van der Waals surface area contributed by atoms with E-state index in [0.717, 1.165) is 25.1 Å². The van der Waals surface area contributed by atoms with Crippen LogP contribution in [0.1, 0.15) is 19.8 Å². The highest BCUT2D eigenvalue weighted by atomic mass is 16.2. The molecule has 128 valence electrons. The van der Waals surface area contributed by atoms with Gasteiger partial charge in [0.2, 0.25) is 0 Å². The molecule has 0 aromatic carbocycles. The largest absolute Gasteiger partial charge is 0.392 e. The fraction of sp³-hybridized carbons (Fsp3) is 0.533. The van der Waals surface area contributed by atoms with Gasteiger partial charge in [0.15, 0.2) is 0 Å². The number of likely N-dealkylation sites (tertiary alicyclic amines) is 1. The first kappa shape index (κ1) is 18.7. The van der Waals surface area contributed by atoms with Crippen LogP contribution in [0.3, 0.4) is 0 Å². The van der Waals surface area contributed by atoms with Crippen molar-refractivity contribution in [3.8, 4) is 0 Å². The van der Waals surface area contributed by atoms with Crippen molar-refractivity contribution in [3.05, 3.63) is 23.5 Å². The number of piperidine rings is 1. The molecular formula is C15H27N7O. The van der Waals surface area contributed by atoms with E-state index in [1.807, 2.05) is 11.8 Å². The lowest BCUT2D eigenvalue weighted by Gasteiger charge is -2.31. The average molecular weight is 321 g/mol. The average Bonchev–Trinajstić information content (AvgIpc) is 2.53. The topological polar surface area (TPSA) is 130 Å². The Morgan fingerprint density at radius 3 is 2.52 bits per heavy atom. The summed E-state index contributed by atoms with van der Waals surface area (Å²) >= 11 is 0. The van der Waals surface area contributed by atoms with Crippen LogP contribution in [0.5, 0.6) is 0 Å². The molecule has 1 aliphatic heterocycles. The van der Waals surface area contributed by atoms with Crippen LogP contribution in [0.15, 0.2) is 23.5 Å². The van der Waals surface area contributed by atoms with Crippen LogP contribution in [-0.2, 0) is 4.79 Å². The molecule has 23 heavy (non-hydrogen) atoms. The molecule has 1 amide bonds. The summed E-state index contributed by atoms with van der Waals surface area (Å²) in [5, 5.41) is 24.2. The summed E-state index contributed by atoms with van der Waals surface area (Å²) in [6.45, 7) is 3.17. The molecule has 1 aliphatic rings. The van der Waals surface area contributed by atoms with Crippen LogP contribution in [0.4, 0.5) is 0 Å². The third-order valence-corrected chi connectivity index (χ3v) is 3.58. The van der Waals surface area contributed by atoms with Gasteiger partial charge in [-0.15, -0.1) is 0 Å². The van der Waals surface area contributed by atoms with Gasteiger partial charge in [0.25, 0.3) is 5.91 Å². The van der Waals surface area contributed by atoms with E-state index in [4.69, 9.17) is 16.6 Å². The number of likely N-dealkylation sites (N-methyl/N-ethyl adjacent to an activating group) is 1. The number of hydrogen-bond acceptors (Lipinski definition) is 5. The molecule has 7 N–H and O–H groups in total. The van der Waals surface area contributed by atoms with Gasteiger partial charge in [-0.1, -0.05) is 0 Å². The maximum atomic E-state index is 12.0. The Hall–Kier alpha value is -2.35. The Morgan fingerprint density at radius 2 is 1.96 bits per heavy atom. The van der Waals surface area contributed by atoms with E-state index in [-0.39, 0.29) is 29.3 Å². The Bertz CT molecular complexity index is 524. The Labute approximate surface area is 137 Å². The Kier molecular flexibility index (Phi) is 7.27. The van der Waals surface area contributed by atoms with Crippen LogP contribution in [0, 0.1) is 10.8 Å². The van der Waals surface area contributed by atoms with Gasteiger partial charge in [0.05, 0.1) is 0 Å². The van der Waals surface area contributed by atoms with Gasteiger partial charge in [0, 0.05) is 45.0 Å². The number of rotatable bonds is 5. The van der Waals surface area contributed by atoms with Crippen LogP contribution in [-0.4, -0.2) is 55.7 Å². The first-order valence-electron chi connectivity index (χ1n) is 7.61. The number of nitrogens with one attached hydrogen (secondary N) is 5. The van der Waals surface area contributed by atoms with Crippen molar-refractivity contribution < 1.29 is 4.79 Å². The van der Waals surface area contributed by atoms with E-state index >= 15 is 0 Å². The number of carbonyl (C=O) groups is 1. The molecule has 0 saturated carbocycles. The van der Waals surface area contributed by atoms with Crippen molar-refractivity contribution in [1.82, 2.24) is 20.9 Å². The number of carbonyl (C=O) groups excluding carboxylic acids is 1. The maximum Gasteiger partial charge on any atom is 0.267 e. The molecule has 0 aliphatic carbocycles. The summed E-state index contributed by atoms with van der Waals surface area (Å²) in [5.41, 5.74) is 6.87. The molecule has 8 heteroatoms. The summed E-state index contributed by atoms with van der Waals surface area (Å²) in [6.07, 6.45) is 4.89. The fourth-order valence-electron chi connectivity index (χ4n) is 2.22. The zero-order chi connectivity index (χ0) is 17.4. The minimum atomic E-state index is -0.378. The first-order valence-corrected chi connectivity index (χ1v) is 7.61. The van der Waals surface area contributed by atoms with Gasteiger partial charge in [-0.05, 0) is 25.8 Å². The lowest BCUT2D eigenvalue weighted by atomic mass is 10.1. The number of allylic oxidation sites excluding steroid dienone is 1. The van der Waals surface area contributed by atoms with Crippen molar-refractivity contribution in [2.45, 2.75) is 25.8 Å². The van der Waals surface area contributed by atoms with E-state index in [9.17, 15) is 4.79 Å². The van der Waals surface area contributed by atoms with Gasteiger partial charge >= 0.3 is 0 Å².